The Morgan fingerprint density at radius 2 is 2.26 bits per heavy atom. The number of likely N-dealkylation sites (tertiary alicyclic amines) is 1. The van der Waals surface area contributed by atoms with Crippen molar-refractivity contribution < 1.29 is 14.3 Å². The molecule has 1 aromatic rings. The molecule has 1 fully saturated rings. The molecule has 0 saturated carbocycles. The molecule has 1 atom stereocenters. The van der Waals surface area contributed by atoms with E-state index in [1.807, 2.05) is 0 Å². The van der Waals surface area contributed by atoms with E-state index in [2.05, 4.69) is 5.32 Å². The summed E-state index contributed by atoms with van der Waals surface area (Å²) in [6.07, 6.45) is 0.256. The maximum absolute atomic E-state index is 12.0. The molecule has 0 spiro atoms. The van der Waals surface area contributed by atoms with Crippen LogP contribution in [0.1, 0.15) is 6.42 Å². The number of hydrogen-bond acceptors (Lipinski definition) is 3. The number of methoxy groups -OCH3 is 1. The third-order valence-electron chi connectivity index (χ3n) is 3.13. The van der Waals surface area contributed by atoms with Crippen LogP contribution in [0.4, 0.5) is 5.69 Å². The zero-order valence-electron chi connectivity index (χ0n) is 10.8. The average Bonchev–Trinajstić information content (AvgIpc) is 2.70. The van der Waals surface area contributed by atoms with Crippen molar-refractivity contribution in [3.63, 3.8) is 0 Å². The lowest BCUT2D eigenvalue weighted by Crippen LogP contribution is -2.25. The lowest BCUT2D eigenvalue weighted by molar-refractivity contribution is -0.127. The first-order valence-electron chi connectivity index (χ1n) is 5.89. The second-order valence-electron chi connectivity index (χ2n) is 4.51. The van der Waals surface area contributed by atoms with E-state index in [1.54, 1.807) is 30.1 Å². The molecule has 0 bridgehead atoms. The predicted molar refractivity (Wildman–Crippen MR) is 72.4 cm³/mol. The van der Waals surface area contributed by atoms with Crippen LogP contribution in [0.5, 0.6) is 5.75 Å². The highest BCUT2D eigenvalue weighted by molar-refractivity contribution is 6.32. The van der Waals surface area contributed by atoms with E-state index < -0.39 is 0 Å². The molecular formula is C13H15ClN2O3. The lowest BCUT2D eigenvalue weighted by Gasteiger charge is -2.12. The number of nitrogens with one attached hydrogen (secondary N) is 1. The maximum Gasteiger partial charge on any atom is 0.229 e. The Balaban J connectivity index is 2.03. The lowest BCUT2D eigenvalue weighted by atomic mass is 10.1. The fourth-order valence-corrected chi connectivity index (χ4v) is 2.29. The molecule has 1 aliphatic heterocycles. The molecular weight excluding hydrogens is 268 g/mol. The Morgan fingerprint density at radius 3 is 2.79 bits per heavy atom. The Kier molecular flexibility index (Phi) is 3.95. The average molecular weight is 283 g/mol. The Labute approximate surface area is 116 Å². The number of halogens is 1. The van der Waals surface area contributed by atoms with Crippen molar-refractivity contribution in [2.75, 3.05) is 26.0 Å². The van der Waals surface area contributed by atoms with Crippen molar-refractivity contribution in [1.82, 2.24) is 4.90 Å². The van der Waals surface area contributed by atoms with E-state index in [1.165, 1.54) is 7.11 Å². The fraction of sp³-hybridized carbons (Fsp3) is 0.385. The molecule has 102 valence electrons. The molecule has 1 aromatic carbocycles. The molecule has 19 heavy (non-hydrogen) atoms. The smallest absolute Gasteiger partial charge is 0.229 e. The number of ether oxygens (including phenoxy) is 1. The van der Waals surface area contributed by atoms with Crippen LogP contribution < -0.4 is 10.1 Å². The SMILES string of the molecule is COc1ccc(NC(=O)C2CC(=O)N(C)C2)cc1Cl. The summed E-state index contributed by atoms with van der Waals surface area (Å²) in [5.41, 5.74) is 0.595. The second-order valence-corrected chi connectivity index (χ2v) is 4.92. The highest BCUT2D eigenvalue weighted by Gasteiger charge is 2.32. The van der Waals surface area contributed by atoms with Gasteiger partial charge in [-0.05, 0) is 18.2 Å². The van der Waals surface area contributed by atoms with Gasteiger partial charge in [0, 0.05) is 25.7 Å². The number of anilines is 1. The topological polar surface area (TPSA) is 58.6 Å². The van der Waals surface area contributed by atoms with Crippen LogP contribution in [0.2, 0.25) is 5.02 Å². The number of hydrogen-bond donors (Lipinski definition) is 1. The number of nitrogens with zero attached hydrogens (tertiary/aromatic N) is 1. The van der Waals surface area contributed by atoms with Gasteiger partial charge in [0.2, 0.25) is 11.8 Å². The first kappa shape index (κ1) is 13.7. The molecule has 0 aromatic heterocycles. The summed E-state index contributed by atoms with van der Waals surface area (Å²) in [7, 11) is 3.22. The molecule has 5 nitrogen and oxygen atoms in total. The van der Waals surface area contributed by atoms with Crippen molar-refractivity contribution in [1.29, 1.82) is 0 Å². The molecule has 1 aliphatic rings. The monoisotopic (exact) mass is 282 g/mol. The molecule has 2 amide bonds. The van der Waals surface area contributed by atoms with Gasteiger partial charge in [-0.1, -0.05) is 11.6 Å². The van der Waals surface area contributed by atoms with Crippen molar-refractivity contribution in [3.05, 3.63) is 23.2 Å². The summed E-state index contributed by atoms with van der Waals surface area (Å²) < 4.78 is 5.04. The van der Waals surface area contributed by atoms with Crippen LogP contribution >= 0.6 is 11.6 Å². The molecule has 1 heterocycles. The Morgan fingerprint density at radius 1 is 1.53 bits per heavy atom. The first-order chi connectivity index (χ1) is 9.01. The number of carbonyl (C=O) groups excluding carboxylic acids is 2. The van der Waals surface area contributed by atoms with Crippen LogP contribution in [0, 0.1) is 5.92 Å². The van der Waals surface area contributed by atoms with Crippen LogP contribution in [0.25, 0.3) is 0 Å². The molecule has 1 N–H and O–H groups in total. The normalized spacial score (nSPS) is 18.6. The zero-order valence-corrected chi connectivity index (χ0v) is 11.5. The third kappa shape index (κ3) is 2.98. The predicted octanol–water partition coefficient (Wildman–Crippen LogP) is 1.77. The van der Waals surface area contributed by atoms with E-state index in [0.29, 0.717) is 23.0 Å². The first-order valence-corrected chi connectivity index (χ1v) is 6.27. The molecule has 1 unspecified atom stereocenters. The minimum absolute atomic E-state index is 0.00656. The third-order valence-corrected chi connectivity index (χ3v) is 3.43. The Hall–Kier alpha value is -1.75. The molecule has 0 radical (unpaired) electrons. The quantitative estimate of drug-likeness (QED) is 0.919. The zero-order chi connectivity index (χ0) is 14.0. The summed E-state index contributed by atoms with van der Waals surface area (Å²) in [4.78, 5) is 25.0. The highest BCUT2D eigenvalue weighted by atomic mass is 35.5. The van der Waals surface area contributed by atoms with Crippen molar-refractivity contribution in [2.24, 2.45) is 5.92 Å². The fourth-order valence-electron chi connectivity index (χ4n) is 2.03. The minimum Gasteiger partial charge on any atom is -0.495 e. The molecule has 1 saturated heterocycles. The van der Waals surface area contributed by atoms with Crippen molar-refractivity contribution in [2.45, 2.75) is 6.42 Å². The molecule has 0 aliphatic carbocycles. The van der Waals surface area contributed by atoms with Gasteiger partial charge in [-0.3, -0.25) is 9.59 Å². The van der Waals surface area contributed by atoms with Crippen molar-refractivity contribution in [3.8, 4) is 5.75 Å². The highest BCUT2D eigenvalue weighted by Crippen LogP contribution is 2.28. The number of amides is 2. The second kappa shape index (κ2) is 5.48. The summed E-state index contributed by atoms with van der Waals surface area (Å²) in [6.45, 7) is 0.453. The van der Waals surface area contributed by atoms with Gasteiger partial charge in [0.05, 0.1) is 18.1 Å². The summed E-state index contributed by atoms with van der Waals surface area (Å²) in [6, 6.07) is 5.02. The standard InChI is InChI=1S/C13H15ClN2O3/c1-16-7-8(5-12(16)17)13(18)15-9-3-4-11(19-2)10(14)6-9/h3-4,6,8H,5,7H2,1-2H3,(H,15,18). The Bertz CT molecular complexity index is 519. The minimum atomic E-state index is -0.307. The van der Waals surface area contributed by atoms with Crippen LogP contribution in [0.3, 0.4) is 0 Å². The van der Waals surface area contributed by atoms with Crippen LogP contribution in [-0.4, -0.2) is 37.4 Å². The summed E-state index contributed by atoms with van der Waals surface area (Å²) in [5, 5.41) is 3.19. The maximum atomic E-state index is 12.0. The van der Waals surface area contributed by atoms with Gasteiger partial charge in [0.25, 0.3) is 0 Å². The van der Waals surface area contributed by atoms with Gasteiger partial charge >= 0.3 is 0 Å². The number of rotatable bonds is 3. The van der Waals surface area contributed by atoms with Gasteiger partial charge in [0.1, 0.15) is 5.75 Å². The summed E-state index contributed by atoms with van der Waals surface area (Å²) in [5.74, 6) is 0.0701. The number of carbonyl (C=O) groups is 2. The van der Waals surface area contributed by atoms with Gasteiger partial charge < -0.3 is 15.0 Å². The summed E-state index contributed by atoms with van der Waals surface area (Å²) >= 11 is 5.98. The van der Waals surface area contributed by atoms with E-state index >= 15 is 0 Å². The van der Waals surface area contributed by atoms with Gasteiger partial charge in [-0.2, -0.15) is 0 Å². The molecule has 2 rings (SSSR count). The largest absolute Gasteiger partial charge is 0.495 e. The van der Waals surface area contributed by atoms with Crippen molar-refractivity contribution >= 4 is 29.1 Å². The van der Waals surface area contributed by atoms with Crippen LogP contribution in [-0.2, 0) is 9.59 Å². The molecule has 6 heteroatoms. The van der Waals surface area contributed by atoms with Gasteiger partial charge in [-0.15, -0.1) is 0 Å². The van der Waals surface area contributed by atoms with Crippen LogP contribution in [0.15, 0.2) is 18.2 Å². The van der Waals surface area contributed by atoms with E-state index in [9.17, 15) is 9.59 Å². The van der Waals surface area contributed by atoms with Gasteiger partial charge in [-0.25, -0.2) is 0 Å². The van der Waals surface area contributed by atoms with E-state index in [4.69, 9.17) is 16.3 Å². The van der Waals surface area contributed by atoms with E-state index in [-0.39, 0.29) is 24.2 Å². The number of benzene rings is 1. The van der Waals surface area contributed by atoms with Gasteiger partial charge in [0.15, 0.2) is 0 Å². The van der Waals surface area contributed by atoms with E-state index in [0.717, 1.165) is 0 Å².